The molecule has 2 atom stereocenters. The Morgan fingerprint density at radius 3 is 2.61 bits per heavy atom. The van der Waals surface area contributed by atoms with E-state index in [1.54, 1.807) is 25.9 Å². The Morgan fingerprint density at radius 2 is 1.91 bits per heavy atom. The minimum absolute atomic E-state index is 0.0282. The quantitative estimate of drug-likeness (QED) is 0.258. The molecule has 2 amide bonds. The zero-order valence-corrected chi connectivity index (χ0v) is 27.8. The van der Waals surface area contributed by atoms with Gasteiger partial charge in [0.15, 0.2) is 11.4 Å². The van der Waals surface area contributed by atoms with Gasteiger partial charge in [-0.2, -0.15) is 0 Å². The predicted octanol–water partition coefficient (Wildman–Crippen LogP) is 3.47. The topological polar surface area (TPSA) is 103 Å². The van der Waals surface area contributed by atoms with Crippen LogP contribution in [-0.2, 0) is 19.1 Å². The number of methoxy groups -OCH3 is 1. The molecule has 1 aliphatic carbocycles. The highest BCUT2D eigenvalue weighted by molar-refractivity contribution is 6.03. The molecule has 1 aromatic carbocycles. The van der Waals surface area contributed by atoms with Crippen LogP contribution in [0.1, 0.15) is 66.2 Å². The summed E-state index contributed by atoms with van der Waals surface area (Å²) in [5.41, 5.74) is 0.708. The van der Waals surface area contributed by atoms with Crippen molar-refractivity contribution in [2.45, 2.75) is 77.9 Å². The third-order valence-corrected chi connectivity index (χ3v) is 9.02. The maximum Gasteiger partial charge on any atom is 0.270 e. The maximum absolute atomic E-state index is 13.7. The number of fused-ring (bicyclic) bond motifs is 1. The Kier molecular flexibility index (Phi) is 12.1. The summed E-state index contributed by atoms with van der Waals surface area (Å²) in [5, 5.41) is 6.45. The average molecular weight is 614 g/mol. The summed E-state index contributed by atoms with van der Waals surface area (Å²) in [6.07, 6.45) is 5.72. The van der Waals surface area contributed by atoms with Crippen LogP contribution in [0.4, 0.5) is 11.4 Å². The monoisotopic (exact) mass is 613 g/mol. The van der Waals surface area contributed by atoms with E-state index in [1.807, 2.05) is 18.2 Å². The number of hydrogen-bond donors (Lipinski definition) is 2. The first-order valence-electron chi connectivity index (χ1n) is 16.6. The number of anilines is 2. The van der Waals surface area contributed by atoms with E-state index in [4.69, 9.17) is 9.47 Å². The SMILES string of the molecule is COCCCN1C(=O)C(C)(C)Oc2ccc(N(CC(=O)[C@H]3CNC[C@@H](C(=O)NCCN(C)CCCC(C)C)C3)C3CC3)cc21. The number of hydrogen-bond acceptors (Lipinski definition) is 8. The zero-order chi connectivity index (χ0) is 31.9. The van der Waals surface area contributed by atoms with Gasteiger partial charge in [-0.15, -0.1) is 0 Å². The first-order chi connectivity index (χ1) is 21.0. The van der Waals surface area contributed by atoms with Crippen LogP contribution in [-0.4, -0.2) is 101 Å². The normalized spacial score (nSPS) is 21.3. The van der Waals surface area contributed by atoms with Gasteiger partial charge in [0.25, 0.3) is 5.91 Å². The molecule has 0 radical (unpaired) electrons. The zero-order valence-electron chi connectivity index (χ0n) is 27.8. The van der Waals surface area contributed by atoms with Crippen LogP contribution in [0.15, 0.2) is 18.2 Å². The number of carbonyl (C=O) groups excluding carboxylic acids is 3. The molecule has 2 N–H and O–H groups in total. The summed E-state index contributed by atoms with van der Waals surface area (Å²) in [7, 11) is 3.76. The van der Waals surface area contributed by atoms with Gasteiger partial charge in [0.05, 0.1) is 18.2 Å². The van der Waals surface area contributed by atoms with Crippen LogP contribution in [0.25, 0.3) is 0 Å². The molecule has 0 unspecified atom stereocenters. The number of ketones is 1. The van der Waals surface area contributed by atoms with E-state index >= 15 is 0 Å². The molecule has 10 heteroatoms. The lowest BCUT2D eigenvalue weighted by atomic mass is 9.86. The lowest BCUT2D eigenvalue weighted by Crippen LogP contribution is -2.53. The van der Waals surface area contributed by atoms with E-state index < -0.39 is 5.60 Å². The van der Waals surface area contributed by atoms with Crippen molar-refractivity contribution in [2.24, 2.45) is 17.8 Å². The van der Waals surface area contributed by atoms with Crippen molar-refractivity contribution in [1.82, 2.24) is 15.5 Å². The molecular formula is C34H55N5O5. The molecule has 2 fully saturated rings. The van der Waals surface area contributed by atoms with Gasteiger partial charge >= 0.3 is 0 Å². The Hall–Kier alpha value is -2.69. The molecule has 44 heavy (non-hydrogen) atoms. The fraction of sp³-hybridized carbons (Fsp3) is 0.735. The molecule has 0 spiro atoms. The number of amides is 2. The molecule has 2 heterocycles. The van der Waals surface area contributed by atoms with Crippen molar-refractivity contribution < 1.29 is 23.9 Å². The Bertz CT molecular complexity index is 1140. The van der Waals surface area contributed by atoms with Gasteiger partial charge in [0.1, 0.15) is 5.75 Å². The molecule has 4 rings (SSSR count). The summed E-state index contributed by atoms with van der Waals surface area (Å²) in [6.45, 7) is 13.1. The first kappa shape index (κ1) is 34.2. The van der Waals surface area contributed by atoms with Gasteiger partial charge in [-0.05, 0) is 90.1 Å². The summed E-state index contributed by atoms with van der Waals surface area (Å²) in [5.74, 6) is 1.05. The number of piperidine rings is 1. The van der Waals surface area contributed by atoms with Gasteiger partial charge in [-0.1, -0.05) is 13.8 Å². The molecule has 1 aromatic rings. The van der Waals surface area contributed by atoms with E-state index in [1.165, 1.54) is 12.8 Å². The van der Waals surface area contributed by atoms with Crippen molar-refractivity contribution in [2.75, 3.05) is 76.4 Å². The minimum atomic E-state index is -0.950. The molecule has 1 saturated heterocycles. The van der Waals surface area contributed by atoms with E-state index in [9.17, 15) is 14.4 Å². The van der Waals surface area contributed by atoms with Crippen molar-refractivity contribution >= 4 is 29.0 Å². The van der Waals surface area contributed by atoms with Crippen molar-refractivity contribution in [3.63, 3.8) is 0 Å². The fourth-order valence-corrected chi connectivity index (χ4v) is 6.22. The fourth-order valence-electron chi connectivity index (χ4n) is 6.22. The van der Waals surface area contributed by atoms with Crippen LogP contribution in [0.3, 0.4) is 0 Å². The number of rotatable bonds is 17. The number of carbonyl (C=O) groups is 3. The summed E-state index contributed by atoms with van der Waals surface area (Å²) in [4.78, 5) is 46.2. The minimum Gasteiger partial charge on any atom is -0.476 e. The smallest absolute Gasteiger partial charge is 0.270 e. The molecule has 246 valence electrons. The van der Waals surface area contributed by atoms with Crippen molar-refractivity contribution in [1.29, 1.82) is 0 Å². The summed E-state index contributed by atoms with van der Waals surface area (Å²) >= 11 is 0. The van der Waals surface area contributed by atoms with Gasteiger partial charge in [0, 0.05) is 64.1 Å². The molecular weight excluding hydrogens is 558 g/mol. The van der Waals surface area contributed by atoms with Crippen LogP contribution in [0.5, 0.6) is 5.75 Å². The predicted molar refractivity (Wildman–Crippen MR) is 174 cm³/mol. The van der Waals surface area contributed by atoms with Crippen LogP contribution < -0.4 is 25.2 Å². The number of ether oxygens (including phenoxy) is 2. The number of nitrogens with one attached hydrogen (secondary N) is 2. The number of nitrogens with zero attached hydrogens (tertiary/aromatic N) is 3. The second-order valence-corrected chi connectivity index (χ2v) is 13.8. The van der Waals surface area contributed by atoms with Gasteiger partial charge < -0.3 is 34.8 Å². The van der Waals surface area contributed by atoms with Crippen molar-refractivity contribution in [3.05, 3.63) is 18.2 Å². The van der Waals surface area contributed by atoms with E-state index in [-0.39, 0.29) is 36.0 Å². The number of likely N-dealkylation sites (N-methyl/N-ethyl adjacent to an activating group) is 1. The second-order valence-electron chi connectivity index (χ2n) is 13.8. The van der Waals surface area contributed by atoms with Crippen LogP contribution >= 0.6 is 0 Å². The molecule has 0 aromatic heterocycles. The highest BCUT2D eigenvalue weighted by atomic mass is 16.5. The molecule has 10 nitrogen and oxygen atoms in total. The summed E-state index contributed by atoms with van der Waals surface area (Å²) < 4.78 is 11.3. The highest BCUT2D eigenvalue weighted by Gasteiger charge is 2.42. The van der Waals surface area contributed by atoms with Gasteiger partial charge in [-0.25, -0.2) is 0 Å². The Morgan fingerprint density at radius 1 is 1.16 bits per heavy atom. The highest BCUT2D eigenvalue weighted by Crippen LogP contribution is 2.42. The standard InChI is InChI=1S/C34H55N5O5/c1-24(2)9-7-15-37(5)17-14-36-32(41)26-19-25(21-35-22-26)30(40)23-39(27-10-11-27)28-12-13-31-29(20-28)38(16-8-18-43-6)33(42)34(3,4)44-31/h12-13,20,24-27,35H,7-11,14-19,21-23H2,1-6H3,(H,36,41)/t25-,26+/m1/s1. The lowest BCUT2D eigenvalue weighted by Gasteiger charge is -2.39. The third-order valence-electron chi connectivity index (χ3n) is 9.02. The molecule has 3 aliphatic rings. The molecule has 0 bridgehead atoms. The van der Waals surface area contributed by atoms with E-state index in [2.05, 4.69) is 41.3 Å². The van der Waals surface area contributed by atoms with Crippen LogP contribution in [0, 0.1) is 17.8 Å². The third kappa shape index (κ3) is 9.17. The maximum atomic E-state index is 13.7. The Labute approximate surface area is 264 Å². The molecule has 1 saturated carbocycles. The Balaban J connectivity index is 1.36. The number of Topliss-reactive ketones (excluding diaryl/α,β-unsaturated/α-hetero) is 1. The van der Waals surface area contributed by atoms with Gasteiger partial charge in [0.2, 0.25) is 5.91 Å². The van der Waals surface area contributed by atoms with E-state index in [0.29, 0.717) is 63.3 Å². The van der Waals surface area contributed by atoms with Crippen molar-refractivity contribution in [3.8, 4) is 5.75 Å². The van der Waals surface area contributed by atoms with Crippen LogP contribution in [0.2, 0.25) is 0 Å². The van der Waals surface area contributed by atoms with Gasteiger partial charge in [-0.3, -0.25) is 14.4 Å². The lowest BCUT2D eigenvalue weighted by molar-refractivity contribution is -0.132. The largest absolute Gasteiger partial charge is 0.476 e. The average Bonchev–Trinajstić information content (AvgIpc) is 3.83. The summed E-state index contributed by atoms with van der Waals surface area (Å²) in [6, 6.07) is 6.21. The number of benzene rings is 1. The second kappa shape index (κ2) is 15.5. The first-order valence-corrected chi connectivity index (χ1v) is 16.6. The molecule has 2 aliphatic heterocycles. The van der Waals surface area contributed by atoms with E-state index in [0.717, 1.165) is 37.3 Å².